The largest absolute Gasteiger partial charge is 0.492 e. The van der Waals surface area contributed by atoms with E-state index in [9.17, 15) is 9.59 Å². The van der Waals surface area contributed by atoms with Crippen LogP contribution < -0.4 is 9.64 Å². The first-order chi connectivity index (χ1) is 18.7. The number of fused-ring (bicyclic) bond motifs is 1. The van der Waals surface area contributed by atoms with Crippen molar-refractivity contribution in [1.29, 1.82) is 0 Å². The number of ether oxygens (including phenoxy) is 2. The van der Waals surface area contributed by atoms with Crippen molar-refractivity contribution in [2.24, 2.45) is 0 Å². The third-order valence-electron chi connectivity index (χ3n) is 7.52. The van der Waals surface area contributed by atoms with E-state index in [0.717, 1.165) is 75.2 Å². The number of hydrogen-bond acceptors (Lipinski definition) is 5. The number of amides is 2. The van der Waals surface area contributed by atoms with Crippen LogP contribution in [0.5, 0.6) is 5.75 Å². The van der Waals surface area contributed by atoms with Gasteiger partial charge in [-0.05, 0) is 68.6 Å². The molecule has 2 amide bonds. The molecule has 0 aliphatic carbocycles. The molecule has 2 aliphatic heterocycles. The van der Waals surface area contributed by atoms with Crippen LogP contribution in [0.25, 0.3) is 0 Å². The lowest BCUT2D eigenvalue weighted by molar-refractivity contribution is -0.122. The van der Waals surface area contributed by atoms with Gasteiger partial charge in [0.15, 0.2) is 0 Å². The summed E-state index contributed by atoms with van der Waals surface area (Å²) in [6, 6.07) is 15.5. The van der Waals surface area contributed by atoms with Gasteiger partial charge in [-0.1, -0.05) is 49.9 Å². The molecule has 0 radical (unpaired) electrons. The molecule has 1 saturated heterocycles. The van der Waals surface area contributed by atoms with Crippen molar-refractivity contribution in [3.63, 3.8) is 0 Å². The SMILES string of the molecule is COCC(=O)N1CCCCCCCCN(C(=O)c2cccc(OCCN3CCCC3)c2)Cc2ccccc21. The summed E-state index contributed by atoms with van der Waals surface area (Å²) in [5.41, 5.74) is 2.48. The zero-order valence-electron chi connectivity index (χ0n) is 22.9. The van der Waals surface area contributed by atoms with Crippen molar-refractivity contribution >= 4 is 17.5 Å². The molecule has 0 aromatic heterocycles. The summed E-state index contributed by atoms with van der Waals surface area (Å²) in [4.78, 5) is 33.0. The predicted molar refractivity (Wildman–Crippen MR) is 151 cm³/mol. The van der Waals surface area contributed by atoms with E-state index in [0.29, 0.717) is 31.8 Å². The second kappa shape index (κ2) is 14.9. The summed E-state index contributed by atoms with van der Waals surface area (Å²) in [5.74, 6) is 0.679. The van der Waals surface area contributed by atoms with E-state index in [4.69, 9.17) is 9.47 Å². The van der Waals surface area contributed by atoms with E-state index >= 15 is 0 Å². The molecule has 4 rings (SSSR count). The highest BCUT2D eigenvalue weighted by Gasteiger charge is 2.23. The molecule has 2 aromatic carbocycles. The average Bonchev–Trinajstić information content (AvgIpc) is 3.45. The van der Waals surface area contributed by atoms with E-state index in [1.807, 2.05) is 58.3 Å². The van der Waals surface area contributed by atoms with Crippen molar-refractivity contribution in [3.05, 3.63) is 59.7 Å². The molecule has 2 heterocycles. The van der Waals surface area contributed by atoms with E-state index in [-0.39, 0.29) is 18.4 Å². The van der Waals surface area contributed by atoms with Crippen LogP contribution in [-0.4, -0.2) is 74.7 Å². The topological polar surface area (TPSA) is 62.3 Å². The minimum absolute atomic E-state index is 0.00515. The zero-order chi connectivity index (χ0) is 26.6. The first-order valence-electron chi connectivity index (χ1n) is 14.3. The van der Waals surface area contributed by atoms with E-state index in [1.165, 1.54) is 12.8 Å². The maximum Gasteiger partial charge on any atom is 0.254 e. The lowest BCUT2D eigenvalue weighted by Crippen LogP contribution is -2.37. The zero-order valence-corrected chi connectivity index (χ0v) is 22.9. The van der Waals surface area contributed by atoms with Gasteiger partial charge in [0.2, 0.25) is 0 Å². The Morgan fingerprint density at radius 2 is 1.53 bits per heavy atom. The number of para-hydroxylation sites is 1. The number of anilines is 1. The number of methoxy groups -OCH3 is 1. The van der Waals surface area contributed by atoms with Crippen LogP contribution in [-0.2, 0) is 16.1 Å². The molecule has 2 aliphatic rings. The van der Waals surface area contributed by atoms with Crippen LogP contribution in [0.2, 0.25) is 0 Å². The Morgan fingerprint density at radius 3 is 2.32 bits per heavy atom. The van der Waals surface area contributed by atoms with Gasteiger partial charge >= 0.3 is 0 Å². The van der Waals surface area contributed by atoms with Gasteiger partial charge in [0.25, 0.3) is 11.8 Å². The Hall–Kier alpha value is -2.90. The molecule has 38 heavy (non-hydrogen) atoms. The van der Waals surface area contributed by atoms with Crippen molar-refractivity contribution in [2.75, 3.05) is 57.9 Å². The molecule has 0 unspecified atom stereocenters. The normalized spacial score (nSPS) is 17.7. The first kappa shape index (κ1) is 28.1. The number of benzene rings is 2. The van der Waals surface area contributed by atoms with E-state index < -0.39 is 0 Å². The van der Waals surface area contributed by atoms with E-state index in [2.05, 4.69) is 4.90 Å². The molecule has 7 nitrogen and oxygen atoms in total. The Morgan fingerprint density at radius 1 is 0.816 bits per heavy atom. The van der Waals surface area contributed by atoms with Crippen LogP contribution in [0.3, 0.4) is 0 Å². The molecular weight excluding hydrogens is 478 g/mol. The maximum atomic E-state index is 13.8. The van der Waals surface area contributed by atoms with Gasteiger partial charge in [-0.25, -0.2) is 0 Å². The van der Waals surface area contributed by atoms with Gasteiger partial charge in [0, 0.05) is 44.5 Å². The number of carbonyl (C=O) groups is 2. The van der Waals surface area contributed by atoms with Crippen molar-refractivity contribution < 1.29 is 19.1 Å². The van der Waals surface area contributed by atoms with Crippen LogP contribution in [0.15, 0.2) is 48.5 Å². The van der Waals surface area contributed by atoms with Crippen molar-refractivity contribution in [2.45, 2.75) is 57.9 Å². The molecule has 0 saturated carbocycles. The highest BCUT2D eigenvalue weighted by molar-refractivity contribution is 5.96. The molecule has 2 aromatic rings. The van der Waals surface area contributed by atoms with Gasteiger partial charge in [0.05, 0.1) is 0 Å². The Labute approximate surface area is 227 Å². The fraction of sp³-hybridized carbons (Fsp3) is 0.548. The number of hydrogen-bond donors (Lipinski definition) is 0. The van der Waals surface area contributed by atoms with E-state index in [1.54, 1.807) is 7.11 Å². The number of rotatable bonds is 7. The monoisotopic (exact) mass is 521 g/mol. The van der Waals surface area contributed by atoms with Gasteiger partial charge in [-0.3, -0.25) is 14.5 Å². The maximum absolute atomic E-state index is 13.8. The van der Waals surface area contributed by atoms with Crippen LogP contribution in [0, 0.1) is 0 Å². The molecule has 1 fully saturated rings. The summed E-state index contributed by atoms with van der Waals surface area (Å²) in [6.45, 7) is 5.66. The fourth-order valence-corrected chi connectivity index (χ4v) is 5.43. The minimum Gasteiger partial charge on any atom is -0.492 e. The summed E-state index contributed by atoms with van der Waals surface area (Å²) < 4.78 is 11.2. The molecule has 0 spiro atoms. The standard InChI is InChI=1S/C31H43N3O4/c1-37-25-30(35)34-20-9-5-3-2-4-8-19-33(24-27-13-6-7-16-29(27)34)31(36)26-14-12-15-28(23-26)38-22-21-32-17-10-11-18-32/h6-7,12-16,23H,2-5,8-11,17-22,24-25H2,1H3. The molecule has 7 heteroatoms. The van der Waals surface area contributed by atoms with Gasteiger partial charge < -0.3 is 19.3 Å². The van der Waals surface area contributed by atoms with Crippen LogP contribution >= 0.6 is 0 Å². The number of carbonyl (C=O) groups excluding carboxylic acids is 2. The van der Waals surface area contributed by atoms with Gasteiger partial charge in [0.1, 0.15) is 19.0 Å². The summed E-state index contributed by atoms with van der Waals surface area (Å²) in [5, 5.41) is 0. The van der Waals surface area contributed by atoms with Crippen molar-refractivity contribution in [1.82, 2.24) is 9.80 Å². The van der Waals surface area contributed by atoms with Crippen molar-refractivity contribution in [3.8, 4) is 5.75 Å². The number of nitrogens with zero attached hydrogens (tertiary/aromatic N) is 3. The smallest absolute Gasteiger partial charge is 0.254 e. The predicted octanol–water partition coefficient (Wildman–Crippen LogP) is 5.14. The lowest BCUT2D eigenvalue weighted by atomic mass is 10.1. The van der Waals surface area contributed by atoms with Gasteiger partial charge in [-0.15, -0.1) is 0 Å². The third kappa shape index (κ3) is 8.05. The highest BCUT2D eigenvalue weighted by Crippen LogP contribution is 2.26. The second-order valence-corrected chi connectivity index (χ2v) is 10.4. The molecular formula is C31H43N3O4. The minimum atomic E-state index is -0.0496. The highest BCUT2D eigenvalue weighted by atomic mass is 16.5. The van der Waals surface area contributed by atoms with Crippen LogP contribution in [0.4, 0.5) is 5.69 Å². The second-order valence-electron chi connectivity index (χ2n) is 10.4. The lowest BCUT2D eigenvalue weighted by Gasteiger charge is -2.28. The van der Waals surface area contributed by atoms with Gasteiger partial charge in [-0.2, -0.15) is 0 Å². The third-order valence-corrected chi connectivity index (χ3v) is 7.52. The molecule has 206 valence electrons. The molecule has 0 atom stereocenters. The Kier molecular flexibility index (Phi) is 11.0. The summed E-state index contributed by atoms with van der Waals surface area (Å²) in [6.07, 6.45) is 8.91. The molecule has 0 N–H and O–H groups in total. The average molecular weight is 522 g/mol. The molecule has 0 bridgehead atoms. The quantitative estimate of drug-likeness (QED) is 0.505. The Bertz CT molecular complexity index is 1040. The summed E-state index contributed by atoms with van der Waals surface area (Å²) >= 11 is 0. The fourth-order valence-electron chi connectivity index (χ4n) is 5.43. The Balaban J connectivity index is 1.52. The summed E-state index contributed by atoms with van der Waals surface area (Å²) in [7, 11) is 1.55. The van der Waals surface area contributed by atoms with Crippen LogP contribution in [0.1, 0.15) is 67.3 Å². The number of likely N-dealkylation sites (tertiary alicyclic amines) is 1. The first-order valence-corrected chi connectivity index (χ1v) is 14.3.